The molecule has 0 heterocycles. The van der Waals surface area contributed by atoms with Crippen molar-refractivity contribution in [2.24, 2.45) is 0 Å². The number of carbonyl (C=O) groups is 1. The molecular weight excluding hydrogens is 555 g/mol. The summed E-state index contributed by atoms with van der Waals surface area (Å²) >= 11 is 2.17. The molecule has 0 radical (unpaired) electrons. The van der Waals surface area contributed by atoms with Crippen LogP contribution in [0.3, 0.4) is 0 Å². The Morgan fingerprint density at radius 1 is 1.00 bits per heavy atom. The third-order valence-corrected chi connectivity index (χ3v) is 5.74. The van der Waals surface area contributed by atoms with Crippen LogP contribution in [0.1, 0.15) is 30.5 Å². The van der Waals surface area contributed by atoms with E-state index in [1.54, 1.807) is 36.4 Å². The predicted molar refractivity (Wildman–Crippen MR) is 146 cm³/mol. The van der Waals surface area contributed by atoms with Gasteiger partial charge < -0.3 is 19.5 Å². The Bertz CT molecular complexity index is 1230. The molecule has 0 aliphatic heterocycles. The molecule has 0 saturated carbocycles. The first kappa shape index (κ1) is 26.1. The molecule has 1 N–H and O–H groups in total. The van der Waals surface area contributed by atoms with E-state index in [1.807, 2.05) is 57.2 Å². The first-order valence-electron chi connectivity index (χ1n) is 11.2. The predicted octanol–water partition coefficient (Wildman–Crippen LogP) is 6.52. The molecule has 0 aliphatic carbocycles. The van der Waals surface area contributed by atoms with Crippen LogP contribution in [0.5, 0.6) is 17.2 Å². The molecule has 0 aromatic heterocycles. The van der Waals surface area contributed by atoms with Crippen molar-refractivity contribution < 1.29 is 19.0 Å². The normalized spacial score (nSPS) is 10.9. The van der Waals surface area contributed by atoms with Gasteiger partial charge in [0.05, 0.1) is 16.8 Å². The molecule has 7 heteroatoms. The van der Waals surface area contributed by atoms with Gasteiger partial charge in [0.25, 0.3) is 5.91 Å². The molecule has 0 fully saturated rings. The Labute approximate surface area is 219 Å². The highest BCUT2D eigenvalue weighted by Gasteiger charge is 2.15. The van der Waals surface area contributed by atoms with Gasteiger partial charge in [-0.3, -0.25) is 4.79 Å². The Morgan fingerprint density at radius 2 is 1.69 bits per heavy atom. The van der Waals surface area contributed by atoms with Gasteiger partial charge in [-0.2, -0.15) is 5.26 Å². The first-order valence-corrected chi connectivity index (χ1v) is 12.3. The SMILES string of the molecule is CCOc1ccc(NC(=O)/C(C#N)=C\c2cc(I)c(OCc3ccc(C)cc3)c(OCC)c2)cc1. The highest BCUT2D eigenvalue weighted by molar-refractivity contribution is 14.1. The maximum atomic E-state index is 12.7. The van der Waals surface area contributed by atoms with Crippen LogP contribution in [0, 0.1) is 21.8 Å². The van der Waals surface area contributed by atoms with Gasteiger partial charge in [0, 0.05) is 5.69 Å². The summed E-state index contributed by atoms with van der Waals surface area (Å²) in [6, 6.07) is 20.8. The number of aryl methyl sites for hydroxylation is 1. The second-order valence-electron chi connectivity index (χ2n) is 7.62. The molecule has 0 bridgehead atoms. The Kier molecular flexibility index (Phi) is 9.56. The van der Waals surface area contributed by atoms with E-state index < -0.39 is 5.91 Å². The van der Waals surface area contributed by atoms with E-state index in [0.29, 0.717) is 48.3 Å². The molecule has 3 aromatic carbocycles. The van der Waals surface area contributed by atoms with Gasteiger partial charge in [-0.05, 0) is 97.0 Å². The second kappa shape index (κ2) is 12.8. The lowest BCUT2D eigenvalue weighted by atomic mass is 10.1. The summed E-state index contributed by atoms with van der Waals surface area (Å²) in [5.41, 5.74) is 3.46. The standard InChI is InChI=1S/C28H27IN2O4/c1-4-33-24-12-10-23(11-13-24)31-28(32)22(17-30)14-21-15-25(29)27(26(16-21)34-5-2)35-18-20-8-6-19(3)7-9-20/h6-16H,4-5,18H2,1-3H3,(H,31,32)/b22-14-. The van der Waals surface area contributed by atoms with Crippen LogP contribution in [0.15, 0.2) is 66.2 Å². The number of rotatable bonds is 10. The van der Waals surface area contributed by atoms with Crippen LogP contribution in [0.2, 0.25) is 0 Å². The third kappa shape index (κ3) is 7.49. The van der Waals surface area contributed by atoms with Gasteiger partial charge in [0.1, 0.15) is 24.0 Å². The van der Waals surface area contributed by atoms with Crippen LogP contribution >= 0.6 is 22.6 Å². The molecule has 0 spiro atoms. The number of amides is 1. The minimum Gasteiger partial charge on any atom is -0.494 e. The summed E-state index contributed by atoms with van der Waals surface area (Å²) < 4.78 is 18.1. The molecule has 0 aliphatic rings. The van der Waals surface area contributed by atoms with E-state index in [1.165, 1.54) is 5.56 Å². The van der Waals surface area contributed by atoms with Crippen molar-refractivity contribution in [1.82, 2.24) is 0 Å². The average molecular weight is 582 g/mol. The van der Waals surface area contributed by atoms with Gasteiger partial charge in [-0.1, -0.05) is 29.8 Å². The average Bonchev–Trinajstić information content (AvgIpc) is 2.84. The van der Waals surface area contributed by atoms with Crippen LogP contribution in [-0.2, 0) is 11.4 Å². The van der Waals surface area contributed by atoms with Gasteiger partial charge in [0.15, 0.2) is 11.5 Å². The largest absolute Gasteiger partial charge is 0.494 e. The van der Waals surface area contributed by atoms with Crippen molar-refractivity contribution in [2.75, 3.05) is 18.5 Å². The molecule has 0 atom stereocenters. The highest BCUT2D eigenvalue weighted by Crippen LogP contribution is 2.35. The molecule has 3 rings (SSSR count). The van der Waals surface area contributed by atoms with E-state index in [4.69, 9.17) is 14.2 Å². The van der Waals surface area contributed by atoms with Crippen molar-refractivity contribution in [3.63, 3.8) is 0 Å². The number of anilines is 1. The maximum absolute atomic E-state index is 12.7. The van der Waals surface area contributed by atoms with E-state index in [9.17, 15) is 10.1 Å². The Morgan fingerprint density at radius 3 is 2.31 bits per heavy atom. The van der Waals surface area contributed by atoms with Gasteiger partial charge in [-0.15, -0.1) is 0 Å². The minimum absolute atomic E-state index is 0.0227. The Hall–Kier alpha value is -3.51. The summed E-state index contributed by atoms with van der Waals surface area (Å²) in [7, 11) is 0. The zero-order valence-corrected chi connectivity index (χ0v) is 22.1. The molecular formula is C28H27IN2O4. The van der Waals surface area contributed by atoms with Crippen LogP contribution in [-0.4, -0.2) is 19.1 Å². The van der Waals surface area contributed by atoms with Gasteiger partial charge in [-0.25, -0.2) is 0 Å². The highest BCUT2D eigenvalue weighted by atomic mass is 127. The summed E-state index contributed by atoms with van der Waals surface area (Å²) in [6.45, 7) is 7.25. The van der Waals surface area contributed by atoms with Crippen LogP contribution < -0.4 is 19.5 Å². The number of halogens is 1. The Balaban J connectivity index is 1.79. The number of benzene rings is 3. The zero-order valence-electron chi connectivity index (χ0n) is 19.9. The summed E-state index contributed by atoms with van der Waals surface area (Å²) in [4.78, 5) is 12.7. The van der Waals surface area contributed by atoms with Gasteiger partial charge >= 0.3 is 0 Å². The molecule has 0 saturated heterocycles. The molecule has 35 heavy (non-hydrogen) atoms. The van der Waals surface area contributed by atoms with Crippen molar-refractivity contribution in [1.29, 1.82) is 5.26 Å². The number of nitrogens with one attached hydrogen (secondary N) is 1. The third-order valence-electron chi connectivity index (χ3n) is 4.93. The zero-order chi connectivity index (χ0) is 25.2. The minimum atomic E-state index is -0.496. The first-order chi connectivity index (χ1) is 16.9. The van der Waals surface area contributed by atoms with Gasteiger partial charge in [0.2, 0.25) is 0 Å². The smallest absolute Gasteiger partial charge is 0.266 e. The lowest BCUT2D eigenvalue weighted by Gasteiger charge is -2.15. The van der Waals surface area contributed by atoms with Crippen LogP contribution in [0.25, 0.3) is 6.08 Å². The van der Waals surface area contributed by atoms with E-state index in [2.05, 4.69) is 27.9 Å². The quantitative estimate of drug-likeness (QED) is 0.167. The van der Waals surface area contributed by atoms with Crippen molar-refractivity contribution in [3.05, 3.63) is 86.5 Å². The van der Waals surface area contributed by atoms with Crippen molar-refractivity contribution >= 4 is 40.3 Å². The number of carbonyl (C=O) groups excluding carboxylic acids is 1. The fourth-order valence-corrected chi connectivity index (χ4v) is 4.01. The molecule has 3 aromatic rings. The molecule has 0 unspecified atom stereocenters. The second-order valence-corrected chi connectivity index (χ2v) is 8.78. The number of hydrogen-bond donors (Lipinski definition) is 1. The summed E-state index contributed by atoms with van der Waals surface area (Å²) in [6.07, 6.45) is 1.54. The monoisotopic (exact) mass is 582 g/mol. The molecule has 6 nitrogen and oxygen atoms in total. The molecule has 1 amide bonds. The number of ether oxygens (including phenoxy) is 3. The fraction of sp³-hybridized carbons (Fsp3) is 0.214. The summed E-state index contributed by atoms with van der Waals surface area (Å²) in [5, 5.41) is 12.4. The summed E-state index contributed by atoms with van der Waals surface area (Å²) in [5.74, 6) is 1.40. The maximum Gasteiger partial charge on any atom is 0.266 e. The fourth-order valence-electron chi connectivity index (χ4n) is 3.23. The van der Waals surface area contributed by atoms with E-state index in [-0.39, 0.29) is 5.57 Å². The number of nitriles is 1. The van der Waals surface area contributed by atoms with Crippen molar-refractivity contribution in [2.45, 2.75) is 27.4 Å². The van der Waals surface area contributed by atoms with Crippen LogP contribution in [0.4, 0.5) is 5.69 Å². The van der Waals surface area contributed by atoms with E-state index >= 15 is 0 Å². The topological polar surface area (TPSA) is 80.6 Å². The van der Waals surface area contributed by atoms with Crippen molar-refractivity contribution in [3.8, 4) is 23.3 Å². The lowest BCUT2D eigenvalue weighted by molar-refractivity contribution is -0.112. The lowest BCUT2D eigenvalue weighted by Crippen LogP contribution is -2.13. The molecule has 180 valence electrons. The number of hydrogen-bond acceptors (Lipinski definition) is 5. The number of nitrogens with zero attached hydrogens (tertiary/aromatic N) is 1. The van der Waals surface area contributed by atoms with E-state index in [0.717, 1.165) is 9.13 Å².